The van der Waals surface area contributed by atoms with E-state index in [1.165, 1.54) is 5.56 Å². The Labute approximate surface area is 88.3 Å². The van der Waals surface area contributed by atoms with Crippen molar-refractivity contribution in [3.05, 3.63) is 47.4 Å². The van der Waals surface area contributed by atoms with Crippen molar-refractivity contribution in [2.75, 3.05) is 6.54 Å². The Kier molecular flexibility index (Phi) is 1.76. The maximum Gasteiger partial charge on any atom is 0.139 e. The van der Waals surface area contributed by atoms with Gasteiger partial charge in [-0.3, -0.25) is 0 Å². The van der Waals surface area contributed by atoms with Crippen molar-refractivity contribution in [1.82, 2.24) is 4.90 Å². The Hall–Kier alpha value is -1.48. The Morgan fingerprint density at radius 1 is 1.27 bits per heavy atom. The van der Waals surface area contributed by atoms with E-state index in [0.717, 1.165) is 18.5 Å². The molecule has 0 aromatic heterocycles. The van der Waals surface area contributed by atoms with Gasteiger partial charge in [0.05, 0.1) is 6.04 Å². The summed E-state index contributed by atoms with van der Waals surface area (Å²) in [6.07, 6.45) is 1.86. The second-order valence-electron chi connectivity index (χ2n) is 4.13. The standard InChI is InChI=1S/C12H13NO2/c14-10-7-13-6-5-8-3-1-2-4-9(8)11(13)12(10)15/h1-4,7,11-12,14-15H,5-6H2/t11-,12+/m0/s1. The van der Waals surface area contributed by atoms with Gasteiger partial charge in [0, 0.05) is 12.7 Å². The zero-order chi connectivity index (χ0) is 10.4. The largest absolute Gasteiger partial charge is 0.508 e. The Balaban J connectivity index is 2.08. The third-order valence-corrected chi connectivity index (χ3v) is 3.27. The molecule has 0 radical (unpaired) electrons. The number of nitrogens with zero attached hydrogens (tertiary/aromatic N) is 1. The molecule has 0 bridgehead atoms. The van der Waals surface area contributed by atoms with E-state index in [9.17, 15) is 10.2 Å². The highest BCUT2D eigenvalue weighted by molar-refractivity contribution is 5.37. The van der Waals surface area contributed by atoms with Crippen LogP contribution in [0.3, 0.4) is 0 Å². The fourth-order valence-electron chi connectivity index (χ4n) is 2.52. The van der Waals surface area contributed by atoms with Gasteiger partial charge in [-0.25, -0.2) is 0 Å². The summed E-state index contributed by atoms with van der Waals surface area (Å²) in [5, 5.41) is 19.4. The zero-order valence-corrected chi connectivity index (χ0v) is 8.30. The van der Waals surface area contributed by atoms with E-state index in [0.29, 0.717) is 0 Å². The fourth-order valence-corrected chi connectivity index (χ4v) is 2.52. The minimum Gasteiger partial charge on any atom is -0.508 e. The van der Waals surface area contributed by atoms with Gasteiger partial charge in [-0.05, 0) is 17.5 Å². The maximum absolute atomic E-state index is 9.88. The van der Waals surface area contributed by atoms with Gasteiger partial charge in [0.2, 0.25) is 0 Å². The average molecular weight is 203 g/mol. The van der Waals surface area contributed by atoms with Gasteiger partial charge >= 0.3 is 0 Å². The van der Waals surface area contributed by atoms with E-state index in [1.54, 1.807) is 6.20 Å². The molecule has 0 amide bonds. The molecule has 15 heavy (non-hydrogen) atoms. The lowest BCUT2D eigenvalue weighted by Crippen LogP contribution is -2.33. The average Bonchev–Trinajstić information content (AvgIpc) is 2.55. The van der Waals surface area contributed by atoms with Crippen molar-refractivity contribution >= 4 is 0 Å². The first-order valence-electron chi connectivity index (χ1n) is 5.19. The van der Waals surface area contributed by atoms with E-state index in [1.807, 2.05) is 23.1 Å². The van der Waals surface area contributed by atoms with E-state index < -0.39 is 6.10 Å². The normalized spacial score (nSPS) is 28.3. The molecule has 2 N–H and O–H groups in total. The van der Waals surface area contributed by atoms with Crippen LogP contribution < -0.4 is 0 Å². The molecule has 0 spiro atoms. The zero-order valence-electron chi connectivity index (χ0n) is 8.30. The van der Waals surface area contributed by atoms with E-state index >= 15 is 0 Å². The van der Waals surface area contributed by atoms with Crippen LogP contribution in [-0.4, -0.2) is 27.8 Å². The molecule has 1 aromatic rings. The molecule has 3 nitrogen and oxygen atoms in total. The topological polar surface area (TPSA) is 43.7 Å². The van der Waals surface area contributed by atoms with Crippen LogP contribution in [0.4, 0.5) is 0 Å². The molecule has 0 saturated heterocycles. The summed E-state index contributed by atoms with van der Waals surface area (Å²) in [5.41, 5.74) is 2.41. The van der Waals surface area contributed by atoms with Crippen molar-refractivity contribution in [3.63, 3.8) is 0 Å². The second kappa shape index (κ2) is 3.00. The van der Waals surface area contributed by atoms with Crippen LogP contribution in [0.2, 0.25) is 0 Å². The Morgan fingerprint density at radius 2 is 2.07 bits per heavy atom. The highest BCUT2D eigenvalue weighted by atomic mass is 16.3. The second-order valence-corrected chi connectivity index (χ2v) is 4.13. The first-order valence-corrected chi connectivity index (χ1v) is 5.19. The molecular weight excluding hydrogens is 190 g/mol. The fraction of sp³-hybridized carbons (Fsp3) is 0.333. The van der Waals surface area contributed by atoms with Gasteiger partial charge in [-0.1, -0.05) is 24.3 Å². The molecule has 2 aliphatic heterocycles. The molecule has 2 aliphatic rings. The molecule has 3 rings (SSSR count). The summed E-state index contributed by atoms with van der Waals surface area (Å²) >= 11 is 0. The van der Waals surface area contributed by atoms with Gasteiger partial charge in [0.1, 0.15) is 11.9 Å². The minimum absolute atomic E-state index is 0.0803. The Morgan fingerprint density at radius 3 is 2.93 bits per heavy atom. The molecule has 78 valence electrons. The quantitative estimate of drug-likeness (QED) is 0.669. The third-order valence-electron chi connectivity index (χ3n) is 3.27. The van der Waals surface area contributed by atoms with Crippen LogP contribution >= 0.6 is 0 Å². The number of benzene rings is 1. The SMILES string of the molecule is OC1=CN2CCc3ccccc3[C@H]2[C@@H]1O. The number of rotatable bonds is 0. The predicted octanol–water partition coefficient (Wildman–Crippen LogP) is 1.36. The molecule has 3 heteroatoms. The van der Waals surface area contributed by atoms with Gasteiger partial charge in [0.25, 0.3) is 0 Å². The summed E-state index contributed by atoms with van der Waals surface area (Å²) in [7, 11) is 0. The summed E-state index contributed by atoms with van der Waals surface area (Å²) in [4.78, 5) is 2.02. The molecule has 0 aliphatic carbocycles. The molecular formula is C12H13NO2. The van der Waals surface area contributed by atoms with Crippen LogP contribution in [0, 0.1) is 0 Å². The molecule has 0 saturated carbocycles. The van der Waals surface area contributed by atoms with E-state index in [4.69, 9.17) is 0 Å². The monoisotopic (exact) mass is 203 g/mol. The van der Waals surface area contributed by atoms with Crippen molar-refractivity contribution in [2.24, 2.45) is 0 Å². The summed E-state index contributed by atoms with van der Waals surface area (Å²) in [6, 6.07) is 8.03. The van der Waals surface area contributed by atoms with Crippen molar-refractivity contribution in [1.29, 1.82) is 0 Å². The maximum atomic E-state index is 9.88. The Bertz CT molecular complexity index is 427. The molecule has 0 unspecified atom stereocenters. The van der Waals surface area contributed by atoms with Crippen molar-refractivity contribution in [3.8, 4) is 0 Å². The van der Waals surface area contributed by atoms with Crippen LogP contribution in [0.5, 0.6) is 0 Å². The minimum atomic E-state index is -0.772. The lowest BCUT2D eigenvalue weighted by atomic mass is 9.91. The first-order chi connectivity index (χ1) is 7.27. The number of hydrogen-bond acceptors (Lipinski definition) is 3. The highest BCUT2D eigenvalue weighted by Gasteiger charge is 2.38. The van der Waals surface area contributed by atoms with Gasteiger partial charge in [-0.2, -0.15) is 0 Å². The van der Waals surface area contributed by atoms with Gasteiger partial charge < -0.3 is 15.1 Å². The number of hydrogen-bond donors (Lipinski definition) is 2. The lowest BCUT2D eigenvalue weighted by molar-refractivity contribution is 0.0949. The smallest absolute Gasteiger partial charge is 0.139 e. The molecule has 0 fully saturated rings. The predicted molar refractivity (Wildman–Crippen MR) is 56.3 cm³/mol. The van der Waals surface area contributed by atoms with Crippen LogP contribution in [0.15, 0.2) is 36.2 Å². The van der Waals surface area contributed by atoms with E-state index in [2.05, 4.69) is 6.07 Å². The lowest BCUT2D eigenvalue weighted by Gasteiger charge is -2.33. The van der Waals surface area contributed by atoms with Crippen molar-refractivity contribution < 1.29 is 10.2 Å². The summed E-state index contributed by atoms with van der Waals surface area (Å²) in [6.45, 7) is 0.864. The molecule has 1 aromatic carbocycles. The summed E-state index contributed by atoms with van der Waals surface area (Å²) in [5.74, 6) is 0.0803. The third kappa shape index (κ3) is 1.16. The number of fused-ring (bicyclic) bond motifs is 3. The summed E-state index contributed by atoms with van der Waals surface area (Å²) < 4.78 is 0. The van der Waals surface area contributed by atoms with Gasteiger partial charge in [0.15, 0.2) is 0 Å². The molecule has 2 atom stereocenters. The van der Waals surface area contributed by atoms with Crippen molar-refractivity contribution in [2.45, 2.75) is 18.6 Å². The van der Waals surface area contributed by atoms with Crippen LogP contribution in [0.1, 0.15) is 17.2 Å². The van der Waals surface area contributed by atoms with Crippen LogP contribution in [-0.2, 0) is 6.42 Å². The number of aliphatic hydroxyl groups is 2. The number of aliphatic hydroxyl groups excluding tert-OH is 2. The first kappa shape index (κ1) is 8.80. The highest BCUT2D eigenvalue weighted by Crippen LogP contribution is 2.38. The van der Waals surface area contributed by atoms with Crippen LogP contribution in [0.25, 0.3) is 0 Å². The molecule has 2 heterocycles. The van der Waals surface area contributed by atoms with Gasteiger partial charge in [-0.15, -0.1) is 0 Å². The van der Waals surface area contributed by atoms with E-state index in [-0.39, 0.29) is 11.8 Å².